The van der Waals surface area contributed by atoms with Gasteiger partial charge < -0.3 is 10.0 Å². The molecule has 2 rings (SSSR count). The van der Waals surface area contributed by atoms with Crippen LogP contribution in [0.1, 0.15) is 44.9 Å². The molecule has 0 spiro atoms. The predicted octanol–water partition coefficient (Wildman–Crippen LogP) is 2.61. The Bertz CT molecular complexity index is 261. The lowest BCUT2D eigenvalue weighted by Gasteiger charge is -2.24. The van der Waals surface area contributed by atoms with E-state index in [1.54, 1.807) is 0 Å². The molecule has 2 aliphatic rings. The van der Waals surface area contributed by atoms with Crippen LogP contribution in [0, 0.1) is 17.8 Å². The van der Waals surface area contributed by atoms with E-state index in [1.807, 2.05) is 0 Å². The fourth-order valence-electron chi connectivity index (χ4n) is 3.12. The third-order valence-corrected chi connectivity index (χ3v) is 4.43. The summed E-state index contributed by atoms with van der Waals surface area (Å²) in [7, 11) is 2.14. The van der Waals surface area contributed by atoms with E-state index in [9.17, 15) is 4.79 Å². The summed E-state index contributed by atoms with van der Waals surface area (Å²) < 4.78 is 0. The molecule has 2 atom stereocenters. The van der Waals surface area contributed by atoms with Crippen LogP contribution in [0.5, 0.6) is 0 Å². The van der Waals surface area contributed by atoms with Gasteiger partial charge in [0.2, 0.25) is 0 Å². The largest absolute Gasteiger partial charge is 0.481 e. The first-order chi connectivity index (χ1) is 8.16. The summed E-state index contributed by atoms with van der Waals surface area (Å²) in [5, 5.41) is 8.85. The molecule has 0 aromatic rings. The molecule has 0 radical (unpaired) electrons. The predicted molar refractivity (Wildman–Crippen MR) is 67.9 cm³/mol. The Morgan fingerprint density at radius 1 is 1.29 bits per heavy atom. The molecule has 2 aliphatic carbocycles. The van der Waals surface area contributed by atoms with Crippen molar-refractivity contribution in [2.24, 2.45) is 17.8 Å². The maximum atomic E-state index is 10.7. The van der Waals surface area contributed by atoms with E-state index in [-0.39, 0.29) is 5.92 Å². The number of carbonyl (C=O) groups is 1. The van der Waals surface area contributed by atoms with Crippen molar-refractivity contribution in [3.63, 3.8) is 0 Å². The van der Waals surface area contributed by atoms with Crippen molar-refractivity contribution in [3.05, 3.63) is 0 Å². The van der Waals surface area contributed by atoms with Crippen LogP contribution in [0.3, 0.4) is 0 Å². The van der Waals surface area contributed by atoms with Crippen molar-refractivity contribution < 1.29 is 9.90 Å². The fraction of sp³-hybridized carbons (Fsp3) is 0.929. The average Bonchev–Trinajstić information content (AvgIpc) is 3.07. The van der Waals surface area contributed by atoms with Crippen LogP contribution in [0.4, 0.5) is 0 Å². The topological polar surface area (TPSA) is 40.5 Å². The minimum absolute atomic E-state index is 0.0490. The van der Waals surface area contributed by atoms with Crippen LogP contribution in [-0.2, 0) is 4.79 Å². The first-order valence-electron chi connectivity index (χ1n) is 7.08. The Morgan fingerprint density at radius 3 is 2.59 bits per heavy atom. The number of hydrogen-bond donors (Lipinski definition) is 1. The summed E-state index contributed by atoms with van der Waals surface area (Å²) >= 11 is 0. The smallest absolute Gasteiger partial charge is 0.306 e. The van der Waals surface area contributed by atoms with Gasteiger partial charge in [-0.3, -0.25) is 4.79 Å². The van der Waals surface area contributed by atoms with Crippen molar-refractivity contribution in [2.45, 2.75) is 44.9 Å². The lowest BCUT2D eigenvalue weighted by atomic mass is 9.87. The molecule has 3 nitrogen and oxygen atoms in total. The van der Waals surface area contributed by atoms with Crippen molar-refractivity contribution in [1.82, 2.24) is 4.90 Å². The first-order valence-corrected chi connectivity index (χ1v) is 7.08. The summed E-state index contributed by atoms with van der Waals surface area (Å²) in [6.07, 6.45) is 9.28. The second-order valence-corrected chi connectivity index (χ2v) is 6.00. The number of hydrogen-bond acceptors (Lipinski definition) is 2. The minimum Gasteiger partial charge on any atom is -0.481 e. The van der Waals surface area contributed by atoms with Crippen LogP contribution in [0.2, 0.25) is 0 Å². The molecular formula is C14H25NO2. The van der Waals surface area contributed by atoms with Gasteiger partial charge in [0, 0.05) is 6.54 Å². The van der Waals surface area contributed by atoms with E-state index >= 15 is 0 Å². The molecule has 0 aromatic carbocycles. The summed E-state index contributed by atoms with van der Waals surface area (Å²) in [4.78, 5) is 13.1. The highest BCUT2D eigenvalue weighted by atomic mass is 16.4. The molecule has 0 saturated heterocycles. The van der Waals surface area contributed by atoms with Gasteiger partial charge in [0.05, 0.1) is 5.92 Å². The molecule has 2 unspecified atom stereocenters. The van der Waals surface area contributed by atoms with E-state index in [0.717, 1.165) is 25.4 Å². The molecule has 0 amide bonds. The zero-order valence-corrected chi connectivity index (χ0v) is 10.9. The molecule has 2 fully saturated rings. The van der Waals surface area contributed by atoms with Crippen LogP contribution in [-0.4, -0.2) is 36.1 Å². The third kappa shape index (κ3) is 3.98. The highest BCUT2D eigenvalue weighted by molar-refractivity contribution is 5.73. The monoisotopic (exact) mass is 239 g/mol. The van der Waals surface area contributed by atoms with E-state index in [1.165, 1.54) is 38.5 Å². The van der Waals surface area contributed by atoms with Gasteiger partial charge in [0.15, 0.2) is 0 Å². The number of carboxylic acid groups (broad SMARTS) is 1. The molecule has 2 saturated carbocycles. The molecule has 0 bridgehead atoms. The van der Waals surface area contributed by atoms with Gasteiger partial charge >= 0.3 is 5.97 Å². The van der Waals surface area contributed by atoms with E-state index in [4.69, 9.17) is 5.11 Å². The molecule has 98 valence electrons. The van der Waals surface area contributed by atoms with Gasteiger partial charge in [0.1, 0.15) is 0 Å². The van der Waals surface area contributed by atoms with Gasteiger partial charge in [-0.15, -0.1) is 0 Å². The highest BCUT2D eigenvalue weighted by Gasteiger charge is 2.43. The molecule has 0 aromatic heterocycles. The quantitative estimate of drug-likeness (QED) is 0.774. The Morgan fingerprint density at radius 2 is 2.00 bits per heavy atom. The zero-order valence-electron chi connectivity index (χ0n) is 10.9. The Hall–Kier alpha value is -0.570. The van der Waals surface area contributed by atoms with Crippen molar-refractivity contribution >= 4 is 5.97 Å². The summed E-state index contributed by atoms with van der Waals surface area (Å²) in [6, 6.07) is 0. The maximum Gasteiger partial charge on any atom is 0.306 e. The van der Waals surface area contributed by atoms with E-state index < -0.39 is 5.97 Å². The normalized spacial score (nSPS) is 29.5. The fourth-order valence-corrected chi connectivity index (χ4v) is 3.12. The molecular weight excluding hydrogens is 214 g/mol. The summed E-state index contributed by atoms with van der Waals surface area (Å²) in [6.45, 7) is 2.12. The van der Waals surface area contributed by atoms with Crippen molar-refractivity contribution in [2.75, 3.05) is 20.1 Å². The Balaban J connectivity index is 1.58. The van der Waals surface area contributed by atoms with E-state index in [2.05, 4.69) is 11.9 Å². The zero-order chi connectivity index (χ0) is 12.3. The van der Waals surface area contributed by atoms with Gasteiger partial charge in [-0.25, -0.2) is 0 Å². The van der Waals surface area contributed by atoms with Crippen LogP contribution in [0.15, 0.2) is 0 Å². The number of carboxylic acids is 1. The Kier molecular flexibility index (Phi) is 4.43. The molecule has 17 heavy (non-hydrogen) atoms. The van der Waals surface area contributed by atoms with Crippen LogP contribution in [0.25, 0.3) is 0 Å². The summed E-state index contributed by atoms with van der Waals surface area (Å²) in [5.41, 5.74) is 0. The number of aliphatic carboxylic acids is 1. The van der Waals surface area contributed by atoms with Crippen LogP contribution < -0.4 is 0 Å². The standard InChI is InChI=1S/C14H25NO2/c1-15(10-12-9-13(12)14(16)17)8-7-11-5-3-2-4-6-11/h11-13H,2-10H2,1H3,(H,16,17). The number of rotatable bonds is 6. The molecule has 0 aliphatic heterocycles. The maximum absolute atomic E-state index is 10.7. The van der Waals surface area contributed by atoms with Crippen molar-refractivity contribution in [3.8, 4) is 0 Å². The minimum atomic E-state index is -0.601. The summed E-state index contributed by atoms with van der Waals surface area (Å²) in [5.74, 6) is 0.701. The lowest BCUT2D eigenvalue weighted by molar-refractivity contribution is -0.138. The SMILES string of the molecule is CN(CCC1CCCCC1)CC1CC1C(=O)O. The average molecular weight is 239 g/mol. The van der Waals surface area contributed by atoms with Gasteiger partial charge in [-0.1, -0.05) is 32.1 Å². The van der Waals surface area contributed by atoms with Crippen molar-refractivity contribution in [1.29, 1.82) is 0 Å². The third-order valence-electron chi connectivity index (χ3n) is 4.43. The Labute approximate surface area is 104 Å². The van der Waals surface area contributed by atoms with E-state index in [0.29, 0.717) is 5.92 Å². The van der Waals surface area contributed by atoms with Gasteiger partial charge in [-0.2, -0.15) is 0 Å². The molecule has 0 heterocycles. The molecule has 3 heteroatoms. The van der Waals surface area contributed by atoms with Gasteiger partial charge in [0.25, 0.3) is 0 Å². The second-order valence-electron chi connectivity index (χ2n) is 6.00. The highest BCUT2D eigenvalue weighted by Crippen LogP contribution is 2.39. The number of nitrogens with zero attached hydrogens (tertiary/aromatic N) is 1. The first kappa shape index (κ1) is 12.9. The van der Waals surface area contributed by atoms with Gasteiger partial charge in [-0.05, 0) is 38.3 Å². The molecule has 1 N–H and O–H groups in total. The lowest BCUT2D eigenvalue weighted by Crippen LogP contribution is -2.25. The second kappa shape index (κ2) is 5.85. The van der Waals surface area contributed by atoms with Crippen LogP contribution >= 0.6 is 0 Å².